The number of halogens is 1. The van der Waals surface area contributed by atoms with Gasteiger partial charge in [0, 0.05) is 19.6 Å². The molecule has 1 aliphatic carbocycles. The van der Waals surface area contributed by atoms with E-state index in [0.717, 1.165) is 64.0 Å². The van der Waals surface area contributed by atoms with Gasteiger partial charge in [-0.25, -0.2) is 4.39 Å². The second kappa shape index (κ2) is 6.69. The van der Waals surface area contributed by atoms with Crippen LogP contribution in [0, 0.1) is 11.7 Å². The minimum atomic E-state index is -0.468. The van der Waals surface area contributed by atoms with Gasteiger partial charge in [-0.2, -0.15) is 0 Å². The van der Waals surface area contributed by atoms with Gasteiger partial charge in [-0.15, -0.1) is 0 Å². The monoisotopic (exact) mass is 346 g/mol. The molecule has 1 amide bonds. The van der Waals surface area contributed by atoms with E-state index < -0.39 is 5.60 Å². The molecule has 136 valence electrons. The van der Waals surface area contributed by atoms with Crippen LogP contribution in [0.2, 0.25) is 0 Å². The van der Waals surface area contributed by atoms with Crippen molar-refractivity contribution in [3.63, 3.8) is 0 Å². The van der Waals surface area contributed by atoms with Crippen molar-refractivity contribution in [2.24, 2.45) is 5.92 Å². The highest BCUT2D eigenvalue weighted by molar-refractivity contribution is 5.88. The minimum Gasteiger partial charge on any atom is -0.360 e. The summed E-state index contributed by atoms with van der Waals surface area (Å²) in [6.07, 6.45) is 4.18. The number of nitrogens with zero attached hydrogens (tertiary/aromatic N) is 2. The molecule has 0 N–H and O–H groups in total. The molecule has 1 unspecified atom stereocenters. The van der Waals surface area contributed by atoms with Gasteiger partial charge in [-0.1, -0.05) is 12.1 Å². The second-order valence-electron chi connectivity index (χ2n) is 7.73. The summed E-state index contributed by atoms with van der Waals surface area (Å²) in [5, 5.41) is 0. The van der Waals surface area contributed by atoms with Crippen molar-refractivity contribution in [2.45, 2.75) is 50.9 Å². The summed E-state index contributed by atoms with van der Waals surface area (Å²) in [5.41, 5.74) is 0.693. The zero-order chi connectivity index (χ0) is 17.4. The zero-order valence-corrected chi connectivity index (χ0v) is 14.9. The van der Waals surface area contributed by atoms with E-state index in [2.05, 4.69) is 11.8 Å². The number of morpholine rings is 1. The highest BCUT2D eigenvalue weighted by Gasteiger charge is 2.58. The first-order chi connectivity index (χ1) is 12.1. The maximum atomic E-state index is 13.0. The number of likely N-dealkylation sites (N-methyl/N-ethyl adjacent to an activating group) is 1. The van der Waals surface area contributed by atoms with E-state index in [1.165, 1.54) is 12.1 Å². The number of rotatable bonds is 4. The Hall–Kier alpha value is -1.46. The topological polar surface area (TPSA) is 32.8 Å². The van der Waals surface area contributed by atoms with Crippen molar-refractivity contribution in [2.75, 3.05) is 26.2 Å². The van der Waals surface area contributed by atoms with Crippen LogP contribution in [-0.2, 0) is 16.1 Å². The lowest BCUT2D eigenvalue weighted by Crippen LogP contribution is -2.56. The number of hydrogen-bond acceptors (Lipinski definition) is 3. The summed E-state index contributed by atoms with van der Waals surface area (Å²) in [6, 6.07) is 6.80. The van der Waals surface area contributed by atoms with E-state index in [9.17, 15) is 9.18 Å². The van der Waals surface area contributed by atoms with Crippen molar-refractivity contribution in [1.29, 1.82) is 0 Å². The van der Waals surface area contributed by atoms with Crippen molar-refractivity contribution in [3.05, 3.63) is 35.6 Å². The van der Waals surface area contributed by atoms with Gasteiger partial charge in [-0.3, -0.25) is 9.69 Å². The standard InChI is InChI=1S/C20H27FN2O2/c1-2-23-14-18(25-20(9-10-20)19(23)24)16-7-11-22(12-8-16)13-15-3-5-17(21)6-4-15/h3-6,16,18H,2,7-14H2,1H3. The van der Waals surface area contributed by atoms with Crippen LogP contribution >= 0.6 is 0 Å². The van der Waals surface area contributed by atoms with Gasteiger partial charge in [0.1, 0.15) is 11.4 Å². The predicted octanol–water partition coefficient (Wildman–Crippen LogP) is 2.82. The van der Waals surface area contributed by atoms with Crippen LogP contribution in [0.1, 0.15) is 38.2 Å². The summed E-state index contributed by atoms with van der Waals surface area (Å²) in [7, 11) is 0. The molecule has 1 aromatic carbocycles. The van der Waals surface area contributed by atoms with Crippen molar-refractivity contribution >= 4 is 5.91 Å². The largest absolute Gasteiger partial charge is 0.360 e. The van der Waals surface area contributed by atoms with Crippen LogP contribution in [-0.4, -0.2) is 53.6 Å². The number of hydrogen-bond donors (Lipinski definition) is 0. The Morgan fingerprint density at radius 2 is 1.88 bits per heavy atom. The van der Waals surface area contributed by atoms with E-state index in [1.54, 1.807) is 0 Å². The normalized spacial score (nSPS) is 27.0. The summed E-state index contributed by atoms with van der Waals surface area (Å²) < 4.78 is 19.3. The molecule has 1 aromatic rings. The Morgan fingerprint density at radius 3 is 2.48 bits per heavy atom. The van der Waals surface area contributed by atoms with Gasteiger partial charge in [0.15, 0.2) is 0 Å². The van der Waals surface area contributed by atoms with Crippen LogP contribution in [0.25, 0.3) is 0 Å². The minimum absolute atomic E-state index is 0.180. The van der Waals surface area contributed by atoms with Crippen molar-refractivity contribution in [1.82, 2.24) is 9.80 Å². The molecule has 2 aliphatic heterocycles. The third-order valence-electron chi connectivity index (χ3n) is 6.02. The molecule has 5 heteroatoms. The molecule has 3 aliphatic rings. The van der Waals surface area contributed by atoms with Gasteiger partial charge < -0.3 is 9.64 Å². The Morgan fingerprint density at radius 1 is 1.20 bits per heavy atom. The van der Waals surface area contributed by atoms with Gasteiger partial charge in [0.25, 0.3) is 5.91 Å². The molecule has 2 heterocycles. The fraction of sp³-hybridized carbons (Fsp3) is 0.650. The Kier molecular flexibility index (Phi) is 4.54. The molecule has 0 bridgehead atoms. The average molecular weight is 346 g/mol. The lowest BCUT2D eigenvalue weighted by Gasteiger charge is -2.43. The SMILES string of the molecule is CCN1CC(C2CCN(Cc3ccc(F)cc3)CC2)OC2(CC2)C1=O. The highest BCUT2D eigenvalue weighted by Crippen LogP contribution is 2.46. The molecule has 4 rings (SSSR count). The number of piperidine rings is 1. The molecular formula is C20H27FN2O2. The molecule has 2 saturated heterocycles. The number of likely N-dealkylation sites (tertiary alicyclic amines) is 1. The Labute approximate surface area is 148 Å². The number of amides is 1. The Balaban J connectivity index is 1.32. The van der Waals surface area contributed by atoms with Crippen molar-refractivity contribution < 1.29 is 13.9 Å². The molecule has 1 saturated carbocycles. The fourth-order valence-electron chi connectivity index (χ4n) is 4.26. The number of ether oxygens (including phenoxy) is 1. The molecule has 1 spiro atoms. The maximum Gasteiger partial charge on any atom is 0.254 e. The summed E-state index contributed by atoms with van der Waals surface area (Å²) in [4.78, 5) is 16.8. The molecule has 0 aromatic heterocycles. The maximum absolute atomic E-state index is 13.0. The van der Waals surface area contributed by atoms with E-state index in [-0.39, 0.29) is 17.8 Å². The molecular weight excluding hydrogens is 319 g/mol. The van der Waals surface area contributed by atoms with Crippen LogP contribution in [0.15, 0.2) is 24.3 Å². The summed E-state index contributed by atoms with van der Waals surface area (Å²) in [6.45, 7) is 6.54. The first-order valence-corrected chi connectivity index (χ1v) is 9.53. The number of carbonyl (C=O) groups is 1. The van der Waals surface area contributed by atoms with Crippen LogP contribution in [0.4, 0.5) is 4.39 Å². The van der Waals surface area contributed by atoms with Crippen LogP contribution in [0.5, 0.6) is 0 Å². The first kappa shape index (κ1) is 17.0. The first-order valence-electron chi connectivity index (χ1n) is 9.53. The predicted molar refractivity (Wildman–Crippen MR) is 93.5 cm³/mol. The molecule has 4 nitrogen and oxygen atoms in total. The van der Waals surface area contributed by atoms with Gasteiger partial charge in [0.2, 0.25) is 0 Å². The number of carbonyl (C=O) groups excluding carboxylic acids is 1. The van der Waals surface area contributed by atoms with E-state index in [4.69, 9.17) is 4.74 Å². The van der Waals surface area contributed by atoms with Crippen LogP contribution in [0.3, 0.4) is 0 Å². The molecule has 1 atom stereocenters. The lowest BCUT2D eigenvalue weighted by atomic mass is 9.89. The van der Waals surface area contributed by atoms with Crippen molar-refractivity contribution in [3.8, 4) is 0 Å². The number of benzene rings is 1. The fourth-order valence-corrected chi connectivity index (χ4v) is 4.26. The molecule has 25 heavy (non-hydrogen) atoms. The summed E-state index contributed by atoms with van der Waals surface area (Å²) in [5.74, 6) is 0.560. The van der Waals surface area contributed by atoms with E-state index >= 15 is 0 Å². The van der Waals surface area contributed by atoms with E-state index in [1.807, 2.05) is 17.0 Å². The quantitative estimate of drug-likeness (QED) is 0.840. The Bertz CT molecular complexity index is 621. The van der Waals surface area contributed by atoms with Crippen LogP contribution < -0.4 is 0 Å². The second-order valence-corrected chi connectivity index (χ2v) is 7.73. The third-order valence-corrected chi connectivity index (χ3v) is 6.02. The zero-order valence-electron chi connectivity index (χ0n) is 14.9. The molecule has 0 radical (unpaired) electrons. The van der Waals surface area contributed by atoms with E-state index in [0.29, 0.717) is 5.92 Å². The van der Waals surface area contributed by atoms with Gasteiger partial charge in [-0.05, 0) is 69.3 Å². The highest BCUT2D eigenvalue weighted by atomic mass is 19.1. The lowest BCUT2D eigenvalue weighted by molar-refractivity contribution is -0.174. The molecule has 3 fully saturated rings. The summed E-state index contributed by atoms with van der Waals surface area (Å²) >= 11 is 0. The van der Waals surface area contributed by atoms with Gasteiger partial charge >= 0.3 is 0 Å². The third kappa shape index (κ3) is 3.44. The smallest absolute Gasteiger partial charge is 0.254 e. The van der Waals surface area contributed by atoms with Gasteiger partial charge in [0.05, 0.1) is 6.10 Å². The average Bonchev–Trinajstić information content (AvgIpc) is 3.40.